The molecule has 4 fully saturated rings. The number of fused-ring (bicyclic) bond motifs is 3. The lowest BCUT2D eigenvalue weighted by molar-refractivity contribution is -0.254. The first-order valence-corrected chi connectivity index (χ1v) is 9.23. The molecule has 0 aromatic rings. The van der Waals surface area contributed by atoms with Crippen LogP contribution in [0.15, 0.2) is 12.2 Å². The van der Waals surface area contributed by atoms with E-state index in [9.17, 15) is 0 Å². The zero-order chi connectivity index (χ0) is 15.3. The highest BCUT2D eigenvalue weighted by atomic mass is 16.6. The summed E-state index contributed by atoms with van der Waals surface area (Å²) < 4.78 is 13.2. The number of ether oxygens (including phenoxy) is 2. The summed E-state index contributed by atoms with van der Waals surface area (Å²) in [5.41, 5.74) is 0.0643. The molecule has 1 spiro atoms. The van der Waals surface area contributed by atoms with E-state index in [-0.39, 0.29) is 17.4 Å². The standard InChI is InChI=1S/C19H29NO2/c1-11-5-6-13-16(9-11)21-17-19-8-7-15(22-19)12(2)14(19)10-20(17)18(13,3)4/h7-8,11-17H,5-6,9-10H2,1-4H3/t11-,12-,13-,14-,15-,16-,17+,19+/m1/s1. The second-order valence-electron chi connectivity index (χ2n) is 9.12. The molecule has 5 aliphatic rings. The Morgan fingerprint density at radius 3 is 2.77 bits per heavy atom. The average molecular weight is 303 g/mol. The molecule has 1 aliphatic carbocycles. The average Bonchev–Trinajstić information content (AvgIpc) is 3.10. The Bertz CT molecular complexity index is 530. The van der Waals surface area contributed by atoms with Gasteiger partial charge in [0.1, 0.15) is 11.8 Å². The SMILES string of the molecule is C[C@@H]1CC[C@@H]2[C@@H](C1)O[C@@H]1N(C[C@@H]3[C@@H](C)[C@H]4C=C[C@]31O4)C2(C)C. The number of nitrogens with zero attached hydrogens (tertiary/aromatic N) is 1. The van der Waals surface area contributed by atoms with E-state index in [4.69, 9.17) is 9.47 Å². The van der Waals surface area contributed by atoms with Crippen LogP contribution in [0, 0.1) is 23.7 Å². The van der Waals surface area contributed by atoms with Crippen molar-refractivity contribution in [3.05, 3.63) is 12.2 Å². The van der Waals surface area contributed by atoms with Crippen LogP contribution in [0.1, 0.15) is 47.0 Å². The van der Waals surface area contributed by atoms with Gasteiger partial charge in [-0.2, -0.15) is 0 Å². The van der Waals surface area contributed by atoms with Crippen molar-refractivity contribution in [3.8, 4) is 0 Å². The largest absolute Gasteiger partial charge is 0.359 e. The minimum absolute atomic E-state index is 0.130. The molecule has 0 aromatic carbocycles. The summed E-state index contributed by atoms with van der Waals surface area (Å²) in [7, 11) is 0. The van der Waals surface area contributed by atoms with E-state index in [0.29, 0.717) is 30.0 Å². The van der Waals surface area contributed by atoms with Crippen LogP contribution in [0.2, 0.25) is 0 Å². The van der Waals surface area contributed by atoms with Gasteiger partial charge in [0.25, 0.3) is 0 Å². The van der Waals surface area contributed by atoms with Gasteiger partial charge >= 0.3 is 0 Å². The molecule has 0 amide bonds. The maximum absolute atomic E-state index is 6.75. The fraction of sp³-hybridized carbons (Fsp3) is 0.895. The maximum Gasteiger partial charge on any atom is 0.144 e. The second-order valence-corrected chi connectivity index (χ2v) is 9.12. The van der Waals surface area contributed by atoms with Crippen LogP contribution in [-0.4, -0.2) is 41.0 Å². The first-order chi connectivity index (χ1) is 10.4. The van der Waals surface area contributed by atoms with Gasteiger partial charge < -0.3 is 9.47 Å². The molecule has 22 heavy (non-hydrogen) atoms. The van der Waals surface area contributed by atoms with Gasteiger partial charge in [-0.05, 0) is 44.6 Å². The Morgan fingerprint density at radius 2 is 1.95 bits per heavy atom. The van der Waals surface area contributed by atoms with Crippen LogP contribution < -0.4 is 0 Å². The number of hydrogen-bond acceptors (Lipinski definition) is 3. The molecule has 0 radical (unpaired) electrons. The molecule has 8 atom stereocenters. The van der Waals surface area contributed by atoms with Gasteiger partial charge in [-0.1, -0.05) is 26.3 Å². The van der Waals surface area contributed by atoms with Crippen LogP contribution >= 0.6 is 0 Å². The van der Waals surface area contributed by atoms with E-state index < -0.39 is 0 Å². The number of hydrogen-bond donors (Lipinski definition) is 0. The molecule has 3 nitrogen and oxygen atoms in total. The Labute approximate surface area is 134 Å². The Hall–Kier alpha value is -0.380. The van der Waals surface area contributed by atoms with Gasteiger partial charge in [0.05, 0.1) is 12.2 Å². The van der Waals surface area contributed by atoms with Gasteiger partial charge in [-0.3, -0.25) is 4.90 Å². The Balaban J connectivity index is 1.54. The lowest BCUT2D eigenvalue weighted by atomic mass is 9.70. The lowest BCUT2D eigenvalue weighted by Gasteiger charge is -2.56. The summed E-state index contributed by atoms with van der Waals surface area (Å²) >= 11 is 0. The van der Waals surface area contributed by atoms with Crippen LogP contribution in [0.5, 0.6) is 0 Å². The van der Waals surface area contributed by atoms with Gasteiger partial charge in [-0.15, -0.1) is 0 Å². The van der Waals surface area contributed by atoms with E-state index in [1.807, 2.05) is 0 Å². The summed E-state index contributed by atoms with van der Waals surface area (Å²) in [5.74, 6) is 2.69. The summed E-state index contributed by atoms with van der Waals surface area (Å²) in [6.07, 6.45) is 9.39. The molecule has 2 bridgehead atoms. The van der Waals surface area contributed by atoms with Crippen molar-refractivity contribution >= 4 is 0 Å². The topological polar surface area (TPSA) is 21.7 Å². The zero-order valence-corrected chi connectivity index (χ0v) is 14.3. The predicted octanol–water partition coefficient (Wildman–Crippen LogP) is 3.20. The smallest absolute Gasteiger partial charge is 0.144 e. The second kappa shape index (κ2) is 4.17. The van der Waals surface area contributed by atoms with Crippen LogP contribution in [0.4, 0.5) is 0 Å². The van der Waals surface area contributed by atoms with Crippen molar-refractivity contribution in [2.24, 2.45) is 23.7 Å². The summed E-state index contributed by atoms with van der Waals surface area (Å²) in [4.78, 5) is 2.65. The monoisotopic (exact) mass is 303 g/mol. The van der Waals surface area contributed by atoms with Gasteiger partial charge in [0, 0.05) is 23.9 Å². The zero-order valence-electron chi connectivity index (χ0n) is 14.3. The van der Waals surface area contributed by atoms with Crippen LogP contribution in [0.3, 0.4) is 0 Å². The first kappa shape index (κ1) is 14.0. The van der Waals surface area contributed by atoms with Crippen molar-refractivity contribution in [1.29, 1.82) is 0 Å². The molecule has 3 saturated heterocycles. The van der Waals surface area contributed by atoms with E-state index in [1.165, 1.54) is 19.3 Å². The van der Waals surface area contributed by atoms with Gasteiger partial charge in [0.2, 0.25) is 0 Å². The maximum atomic E-state index is 6.75. The molecule has 3 heteroatoms. The minimum Gasteiger partial charge on any atom is -0.359 e. The predicted molar refractivity (Wildman–Crippen MR) is 85.3 cm³/mol. The van der Waals surface area contributed by atoms with Crippen molar-refractivity contribution < 1.29 is 9.47 Å². The van der Waals surface area contributed by atoms with Crippen LogP contribution in [0.25, 0.3) is 0 Å². The lowest BCUT2D eigenvalue weighted by Crippen LogP contribution is -2.65. The summed E-state index contributed by atoms with van der Waals surface area (Å²) in [5, 5.41) is 0. The molecule has 0 aromatic heterocycles. The fourth-order valence-corrected chi connectivity index (χ4v) is 6.26. The van der Waals surface area contributed by atoms with Crippen molar-refractivity contribution in [1.82, 2.24) is 4.90 Å². The van der Waals surface area contributed by atoms with Crippen LogP contribution in [-0.2, 0) is 9.47 Å². The molecule has 5 rings (SSSR count). The van der Waals surface area contributed by atoms with Crippen molar-refractivity contribution in [2.45, 2.75) is 76.5 Å². The van der Waals surface area contributed by atoms with Crippen molar-refractivity contribution in [3.63, 3.8) is 0 Å². The normalized spacial score (nSPS) is 58.5. The highest BCUT2D eigenvalue weighted by molar-refractivity contribution is 5.29. The molecule has 4 aliphatic heterocycles. The third-order valence-electron chi connectivity index (χ3n) is 7.69. The highest BCUT2D eigenvalue weighted by Crippen LogP contribution is 2.59. The van der Waals surface area contributed by atoms with E-state index >= 15 is 0 Å². The highest BCUT2D eigenvalue weighted by Gasteiger charge is 2.69. The van der Waals surface area contributed by atoms with Gasteiger partial charge in [-0.25, -0.2) is 0 Å². The summed E-state index contributed by atoms with van der Waals surface area (Å²) in [6.45, 7) is 10.8. The first-order valence-electron chi connectivity index (χ1n) is 9.23. The molecule has 4 heterocycles. The molecule has 0 unspecified atom stereocenters. The molecule has 1 saturated carbocycles. The van der Waals surface area contributed by atoms with E-state index in [1.54, 1.807) is 0 Å². The Kier molecular flexibility index (Phi) is 2.66. The quantitative estimate of drug-likeness (QED) is 0.642. The number of rotatable bonds is 0. The fourth-order valence-electron chi connectivity index (χ4n) is 6.26. The summed E-state index contributed by atoms with van der Waals surface area (Å²) in [6, 6.07) is 0. The third-order valence-corrected chi connectivity index (χ3v) is 7.69. The van der Waals surface area contributed by atoms with Crippen molar-refractivity contribution in [2.75, 3.05) is 6.54 Å². The molecular weight excluding hydrogens is 274 g/mol. The molecule has 122 valence electrons. The minimum atomic E-state index is -0.160. The molecular formula is C19H29NO2. The van der Waals surface area contributed by atoms with E-state index in [2.05, 4.69) is 44.7 Å². The third kappa shape index (κ3) is 1.49. The van der Waals surface area contributed by atoms with E-state index in [0.717, 1.165) is 12.5 Å². The molecule has 0 N–H and O–H groups in total. The Morgan fingerprint density at radius 1 is 1.14 bits per heavy atom. The van der Waals surface area contributed by atoms with Gasteiger partial charge in [0.15, 0.2) is 0 Å².